The maximum absolute atomic E-state index is 5.25. The normalized spacial score (nSPS) is 11.0. The number of aromatic nitrogens is 2. The molecule has 0 aliphatic carbocycles. The Kier molecular flexibility index (Phi) is 9.80. The summed E-state index contributed by atoms with van der Waals surface area (Å²) in [6.45, 7) is 0. The average Bonchev–Trinajstić information content (AvgIpc) is 3.65. The van der Waals surface area contributed by atoms with Gasteiger partial charge >= 0.3 is 0 Å². The third-order valence-electron chi connectivity index (χ3n) is 9.82. The Labute approximate surface area is 301 Å². The SMILES string of the molecule is COc1ccc(-[n+]2cc3cccc(-c4ccc(N(C)C)cc4)n3c2)cc1.c1ccc([B-](c2ccccc2)(c2ccccc2)c2ccccc2)cc1. The van der Waals surface area contributed by atoms with Crippen LogP contribution in [0.4, 0.5) is 5.69 Å². The average molecular weight is 664 g/mol. The predicted octanol–water partition coefficient (Wildman–Crippen LogP) is 7.02. The molecule has 250 valence electrons. The number of benzene rings is 6. The van der Waals surface area contributed by atoms with Crippen LogP contribution in [0.1, 0.15) is 0 Å². The summed E-state index contributed by atoms with van der Waals surface area (Å²) >= 11 is 0. The molecule has 0 bridgehead atoms. The fraction of sp³-hybridized carbons (Fsp3) is 0.0652. The Bertz CT molecular complexity index is 2120. The molecule has 0 spiro atoms. The topological polar surface area (TPSA) is 20.8 Å². The Morgan fingerprint density at radius 1 is 0.510 bits per heavy atom. The van der Waals surface area contributed by atoms with Gasteiger partial charge in [-0.05, 0) is 60.7 Å². The van der Waals surface area contributed by atoms with Crippen LogP contribution in [0.2, 0.25) is 0 Å². The molecular weight excluding hydrogens is 621 g/mol. The van der Waals surface area contributed by atoms with Crippen molar-refractivity contribution in [2.24, 2.45) is 0 Å². The van der Waals surface area contributed by atoms with Gasteiger partial charge in [0.15, 0.2) is 5.52 Å². The van der Waals surface area contributed by atoms with Crippen molar-refractivity contribution in [3.63, 3.8) is 0 Å². The van der Waals surface area contributed by atoms with Crippen LogP contribution in [0, 0.1) is 0 Å². The van der Waals surface area contributed by atoms with Gasteiger partial charge in [-0.3, -0.25) is 0 Å². The molecule has 0 aliphatic heterocycles. The van der Waals surface area contributed by atoms with Crippen molar-refractivity contribution in [2.45, 2.75) is 0 Å². The highest BCUT2D eigenvalue weighted by molar-refractivity contribution is 7.19. The van der Waals surface area contributed by atoms with E-state index < -0.39 is 6.15 Å². The molecule has 0 saturated heterocycles. The Morgan fingerprint density at radius 3 is 1.41 bits per heavy atom. The molecule has 8 aromatic rings. The zero-order valence-corrected chi connectivity index (χ0v) is 29.4. The van der Waals surface area contributed by atoms with Gasteiger partial charge < -0.3 is 9.64 Å². The first kappa shape index (κ1) is 33.2. The van der Waals surface area contributed by atoms with E-state index in [1.54, 1.807) is 7.11 Å². The number of imidazole rings is 1. The number of anilines is 1. The highest BCUT2D eigenvalue weighted by Crippen LogP contribution is 2.24. The van der Waals surface area contributed by atoms with Gasteiger partial charge in [-0.25, -0.2) is 4.57 Å². The van der Waals surface area contributed by atoms with E-state index in [9.17, 15) is 0 Å². The second kappa shape index (κ2) is 15.1. The molecule has 2 heterocycles. The molecular formula is C46H42BN3O. The number of hydrogen-bond acceptors (Lipinski definition) is 2. The molecule has 0 fully saturated rings. The number of nitrogens with zero attached hydrogens (tertiary/aromatic N) is 3. The minimum Gasteiger partial charge on any atom is -0.497 e. The number of pyridine rings is 1. The Morgan fingerprint density at radius 2 is 0.980 bits per heavy atom. The van der Waals surface area contributed by atoms with Gasteiger partial charge in [0.2, 0.25) is 0 Å². The minimum absolute atomic E-state index is 0.861. The highest BCUT2D eigenvalue weighted by Gasteiger charge is 2.31. The molecule has 0 unspecified atom stereocenters. The zero-order valence-electron chi connectivity index (χ0n) is 29.4. The van der Waals surface area contributed by atoms with Gasteiger partial charge in [0, 0.05) is 25.3 Å². The van der Waals surface area contributed by atoms with Crippen molar-refractivity contribution >= 4 is 39.2 Å². The standard InChI is InChI=1S/C24H20B.C22H22N3O/c1-5-13-21(14-6-1)25(22-15-7-2-8-16-22,23-17-9-3-10-18-23)24-19-11-4-12-20-24;1-23(2)18-9-7-17(8-10-18)22-6-4-5-20-15-24(16-25(20)22)19-11-13-21(26-3)14-12-19/h1-20H;4-16H,1-3H3/q-1;+1. The van der Waals surface area contributed by atoms with Gasteiger partial charge in [0.25, 0.3) is 6.33 Å². The molecule has 0 N–H and O–H groups in total. The Hall–Kier alpha value is -6.33. The lowest BCUT2D eigenvalue weighted by molar-refractivity contribution is -0.594. The van der Waals surface area contributed by atoms with Crippen molar-refractivity contribution in [1.82, 2.24) is 4.40 Å². The number of ether oxygens (including phenoxy) is 1. The number of rotatable bonds is 8. The van der Waals surface area contributed by atoms with Crippen LogP contribution >= 0.6 is 0 Å². The largest absolute Gasteiger partial charge is 0.497 e. The summed E-state index contributed by atoms with van der Waals surface area (Å²) in [6.07, 6.45) is 3.04. The van der Waals surface area contributed by atoms with E-state index in [1.165, 1.54) is 38.8 Å². The summed E-state index contributed by atoms with van der Waals surface area (Å²) < 4.78 is 9.60. The van der Waals surface area contributed by atoms with Crippen molar-refractivity contribution < 1.29 is 9.30 Å². The first-order valence-corrected chi connectivity index (χ1v) is 17.4. The van der Waals surface area contributed by atoms with E-state index in [2.05, 4.69) is 216 Å². The Balaban J connectivity index is 0.000000159. The van der Waals surface area contributed by atoms with Crippen molar-refractivity contribution in [3.05, 3.63) is 201 Å². The molecule has 5 heteroatoms. The minimum atomic E-state index is -1.22. The summed E-state index contributed by atoms with van der Waals surface area (Å²) in [7, 11) is 5.79. The van der Waals surface area contributed by atoms with E-state index in [-0.39, 0.29) is 0 Å². The van der Waals surface area contributed by atoms with Gasteiger partial charge in [-0.2, -0.15) is 26.3 Å². The van der Waals surface area contributed by atoms with Crippen molar-refractivity contribution in [3.8, 4) is 22.7 Å². The van der Waals surface area contributed by atoms with E-state index >= 15 is 0 Å². The third kappa shape index (κ3) is 6.79. The fourth-order valence-corrected chi connectivity index (χ4v) is 7.25. The molecule has 0 radical (unpaired) electrons. The van der Waals surface area contributed by atoms with Gasteiger partial charge in [0.05, 0.1) is 7.11 Å². The third-order valence-corrected chi connectivity index (χ3v) is 9.82. The molecule has 51 heavy (non-hydrogen) atoms. The molecule has 0 amide bonds. The molecule has 0 saturated carbocycles. The molecule has 6 aromatic carbocycles. The summed E-state index contributed by atoms with van der Waals surface area (Å²) in [5.41, 5.74) is 11.2. The summed E-state index contributed by atoms with van der Waals surface area (Å²) in [5, 5.41) is 0. The van der Waals surface area contributed by atoms with Crippen LogP contribution < -0.4 is 36.1 Å². The maximum atomic E-state index is 5.25. The molecule has 0 aliphatic rings. The quantitative estimate of drug-likeness (QED) is 0.129. The molecule has 2 aromatic heterocycles. The summed E-state index contributed by atoms with van der Waals surface area (Å²) in [5.74, 6) is 0.861. The van der Waals surface area contributed by atoms with Crippen LogP contribution in [-0.2, 0) is 0 Å². The molecule has 4 nitrogen and oxygen atoms in total. The smallest absolute Gasteiger partial charge is 0.254 e. The first-order valence-electron chi connectivity index (χ1n) is 17.4. The number of hydrogen-bond donors (Lipinski definition) is 0. The zero-order chi connectivity index (χ0) is 35.0. The lowest BCUT2D eigenvalue weighted by Crippen LogP contribution is -2.74. The van der Waals surface area contributed by atoms with Crippen LogP contribution in [0.5, 0.6) is 5.75 Å². The second-order valence-electron chi connectivity index (χ2n) is 13.0. The van der Waals surface area contributed by atoms with E-state index in [0.29, 0.717) is 0 Å². The lowest BCUT2D eigenvalue weighted by Gasteiger charge is -2.44. The van der Waals surface area contributed by atoms with Crippen molar-refractivity contribution in [1.29, 1.82) is 0 Å². The second-order valence-corrected chi connectivity index (χ2v) is 13.0. The lowest BCUT2D eigenvalue weighted by atomic mass is 9.13. The van der Waals surface area contributed by atoms with E-state index in [4.69, 9.17) is 4.74 Å². The maximum Gasteiger partial charge on any atom is 0.254 e. The van der Waals surface area contributed by atoms with Crippen LogP contribution in [0.3, 0.4) is 0 Å². The van der Waals surface area contributed by atoms with E-state index in [0.717, 1.165) is 17.0 Å². The predicted molar refractivity (Wildman–Crippen MR) is 215 cm³/mol. The van der Waals surface area contributed by atoms with Gasteiger partial charge in [0.1, 0.15) is 29.5 Å². The monoisotopic (exact) mass is 663 g/mol. The van der Waals surface area contributed by atoms with Gasteiger partial charge in [-0.1, -0.05) is 127 Å². The van der Waals surface area contributed by atoms with Gasteiger partial charge in [-0.15, -0.1) is 0 Å². The summed E-state index contributed by atoms with van der Waals surface area (Å²) in [6, 6.07) is 66.6. The van der Waals surface area contributed by atoms with E-state index in [1.807, 2.05) is 12.1 Å². The first-order chi connectivity index (χ1) is 25.1. The molecule has 8 rings (SSSR count). The van der Waals surface area contributed by atoms with Crippen LogP contribution in [-0.4, -0.2) is 31.8 Å². The summed E-state index contributed by atoms with van der Waals surface area (Å²) in [4.78, 5) is 2.11. The number of fused-ring (bicyclic) bond motifs is 1. The number of methoxy groups -OCH3 is 1. The van der Waals surface area contributed by atoms with Crippen LogP contribution in [0.15, 0.2) is 201 Å². The fourth-order valence-electron chi connectivity index (χ4n) is 7.25. The molecule has 0 atom stereocenters. The van der Waals surface area contributed by atoms with Crippen LogP contribution in [0.25, 0.3) is 22.5 Å². The van der Waals surface area contributed by atoms with Crippen molar-refractivity contribution in [2.75, 3.05) is 26.1 Å². The highest BCUT2D eigenvalue weighted by atomic mass is 16.5.